The number of carboxylic acid groups (broad SMARTS) is 1. The number of unbranched alkanes of at least 4 members (excludes halogenated alkanes) is 13. The summed E-state index contributed by atoms with van der Waals surface area (Å²) in [7, 11) is 0. The minimum Gasteiger partial charge on any atom is -0.481 e. The molecule has 1 rings (SSSR count). The Morgan fingerprint density at radius 2 is 1.33 bits per heavy atom. The summed E-state index contributed by atoms with van der Waals surface area (Å²) < 4.78 is 0. The molecule has 0 heterocycles. The Kier molecular flexibility index (Phi) is 17.4. The average Bonchev–Trinajstić information content (AvgIpc) is 2.75. The van der Waals surface area contributed by atoms with Crippen LogP contribution >= 0.6 is 0 Å². The zero-order valence-electron chi connectivity index (χ0n) is 19.2. The fourth-order valence-electron chi connectivity index (χ4n) is 3.77. The Morgan fingerprint density at radius 3 is 1.83 bits per heavy atom. The van der Waals surface area contributed by atoms with Gasteiger partial charge in [0, 0.05) is 6.54 Å². The number of rotatable bonds is 21. The van der Waals surface area contributed by atoms with Crippen LogP contribution in [-0.2, 0) is 16.2 Å². The van der Waals surface area contributed by atoms with Crippen molar-refractivity contribution in [3.8, 4) is 0 Å². The highest BCUT2D eigenvalue weighted by Crippen LogP contribution is 2.15. The first-order valence-electron chi connectivity index (χ1n) is 12.4. The lowest BCUT2D eigenvalue weighted by Gasteiger charge is -2.13. The molecule has 0 bridgehead atoms. The quantitative estimate of drug-likeness (QED) is 0.162. The summed E-state index contributed by atoms with van der Waals surface area (Å²) in [6, 6.07) is 9.88. The van der Waals surface area contributed by atoms with Crippen molar-refractivity contribution in [2.45, 2.75) is 110 Å². The SMILES string of the molecule is CCCCCCCCCCCCCCCCC(CNOCc1ccccc1)C(=O)O. The van der Waals surface area contributed by atoms with Crippen molar-refractivity contribution in [3.05, 3.63) is 35.9 Å². The van der Waals surface area contributed by atoms with Gasteiger partial charge in [0.05, 0.1) is 12.5 Å². The molecule has 30 heavy (non-hydrogen) atoms. The van der Waals surface area contributed by atoms with Gasteiger partial charge in [0.2, 0.25) is 0 Å². The van der Waals surface area contributed by atoms with Gasteiger partial charge in [-0.05, 0) is 12.0 Å². The van der Waals surface area contributed by atoms with Crippen LogP contribution in [0, 0.1) is 5.92 Å². The molecule has 4 heteroatoms. The van der Waals surface area contributed by atoms with Gasteiger partial charge < -0.3 is 5.11 Å². The summed E-state index contributed by atoms with van der Waals surface area (Å²) in [5.74, 6) is -1.11. The van der Waals surface area contributed by atoms with Gasteiger partial charge in [0.15, 0.2) is 0 Å². The van der Waals surface area contributed by atoms with E-state index in [-0.39, 0.29) is 5.92 Å². The molecule has 4 nitrogen and oxygen atoms in total. The van der Waals surface area contributed by atoms with E-state index in [9.17, 15) is 9.90 Å². The van der Waals surface area contributed by atoms with Crippen molar-refractivity contribution in [2.75, 3.05) is 6.54 Å². The minimum atomic E-state index is -0.736. The lowest BCUT2D eigenvalue weighted by atomic mass is 10.00. The van der Waals surface area contributed by atoms with Crippen LogP contribution in [-0.4, -0.2) is 17.6 Å². The van der Waals surface area contributed by atoms with Crippen LogP contribution in [0.5, 0.6) is 0 Å². The number of nitrogens with one attached hydrogen (secondary N) is 1. The van der Waals surface area contributed by atoms with Crippen molar-refractivity contribution in [3.63, 3.8) is 0 Å². The van der Waals surface area contributed by atoms with Gasteiger partial charge in [-0.2, -0.15) is 0 Å². The van der Waals surface area contributed by atoms with E-state index in [0.717, 1.165) is 24.8 Å². The van der Waals surface area contributed by atoms with E-state index in [1.807, 2.05) is 30.3 Å². The standard InChI is InChI=1S/C26H45NO3/c1-2-3-4-5-6-7-8-9-10-11-12-13-14-18-21-25(26(28)29)22-27-30-23-24-19-16-15-17-20-24/h15-17,19-20,25,27H,2-14,18,21-23H2,1H3,(H,28,29). The highest BCUT2D eigenvalue weighted by Gasteiger charge is 2.16. The molecule has 172 valence electrons. The van der Waals surface area contributed by atoms with Gasteiger partial charge in [-0.3, -0.25) is 9.63 Å². The van der Waals surface area contributed by atoms with Gasteiger partial charge in [-0.1, -0.05) is 127 Å². The summed E-state index contributed by atoms with van der Waals surface area (Å²) in [5.41, 5.74) is 3.91. The molecule has 1 aromatic rings. The molecule has 0 aliphatic heterocycles. The molecule has 2 N–H and O–H groups in total. The smallest absolute Gasteiger partial charge is 0.307 e. The Labute approximate surface area is 184 Å². The fourth-order valence-corrected chi connectivity index (χ4v) is 3.77. The number of hydrogen-bond acceptors (Lipinski definition) is 3. The van der Waals surface area contributed by atoms with Crippen LogP contribution in [0.4, 0.5) is 0 Å². The third-order valence-electron chi connectivity index (χ3n) is 5.77. The summed E-state index contributed by atoms with van der Waals surface area (Å²) in [5, 5.41) is 9.40. The van der Waals surface area contributed by atoms with Crippen molar-refractivity contribution in [1.29, 1.82) is 0 Å². The molecule has 1 unspecified atom stereocenters. The second kappa shape index (κ2) is 19.6. The van der Waals surface area contributed by atoms with Crippen molar-refractivity contribution in [1.82, 2.24) is 5.48 Å². The maximum atomic E-state index is 11.4. The van der Waals surface area contributed by atoms with Crippen LogP contribution in [0.2, 0.25) is 0 Å². The molecule has 0 amide bonds. The van der Waals surface area contributed by atoms with Gasteiger partial charge in [-0.15, -0.1) is 0 Å². The second-order valence-electron chi connectivity index (χ2n) is 8.54. The van der Waals surface area contributed by atoms with Gasteiger partial charge in [-0.25, -0.2) is 5.48 Å². The molecule has 0 aliphatic rings. The third-order valence-corrected chi connectivity index (χ3v) is 5.77. The molecule has 0 spiro atoms. The zero-order chi connectivity index (χ0) is 21.7. The first-order chi connectivity index (χ1) is 14.7. The number of carbonyl (C=O) groups is 1. The minimum absolute atomic E-state index is 0.362. The van der Waals surface area contributed by atoms with E-state index in [1.165, 1.54) is 77.0 Å². The maximum absolute atomic E-state index is 11.4. The van der Waals surface area contributed by atoms with Gasteiger partial charge in [0.25, 0.3) is 0 Å². The Hall–Kier alpha value is -1.39. The Bertz CT molecular complexity index is 506. The van der Waals surface area contributed by atoms with E-state index in [0.29, 0.717) is 13.2 Å². The maximum Gasteiger partial charge on any atom is 0.307 e. The van der Waals surface area contributed by atoms with E-state index in [4.69, 9.17) is 4.84 Å². The van der Waals surface area contributed by atoms with Crippen molar-refractivity contribution in [2.24, 2.45) is 5.92 Å². The molecule has 0 saturated carbocycles. The number of hydrogen-bond donors (Lipinski definition) is 2. The monoisotopic (exact) mass is 419 g/mol. The van der Waals surface area contributed by atoms with Crippen LogP contribution in [0.1, 0.15) is 109 Å². The van der Waals surface area contributed by atoms with E-state index in [1.54, 1.807) is 0 Å². The highest BCUT2D eigenvalue weighted by molar-refractivity contribution is 5.70. The lowest BCUT2D eigenvalue weighted by molar-refractivity contribution is -0.143. The third kappa shape index (κ3) is 15.4. The lowest BCUT2D eigenvalue weighted by Crippen LogP contribution is -2.28. The molecule has 1 aromatic carbocycles. The van der Waals surface area contributed by atoms with E-state index < -0.39 is 5.97 Å². The van der Waals surface area contributed by atoms with Crippen molar-refractivity contribution < 1.29 is 14.7 Å². The zero-order valence-corrected chi connectivity index (χ0v) is 19.2. The molecule has 1 atom stereocenters. The summed E-state index contributed by atoms with van der Waals surface area (Å²) in [4.78, 5) is 16.8. The Morgan fingerprint density at radius 1 is 0.833 bits per heavy atom. The largest absolute Gasteiger partial charge is 0.481 e. The molecular weight excluding hydrogens is 374 g/mol. The molecular formula is C26H45NO3. The molecule has 0 radical (unpaired) electrons. The molecule has 0 saturated heterocycles. The number of aliphatic carboxylic acids is 1. The van der Waals surface area contributed by atoms with Crippen LogP contribution in [0.15, 0.2) is 30.3 Å². The van der Waals surface area contributed by atoms with Crippen LogP contribution in [0.25, 0.3) is 0 Å². The van der Waals surface area contributed by atoms with E-state index >= 15 is 0 Å². The van der Waals surface area contributed by atoms with E-state index in [2.05, 4.69) is 12.4 Å². The summed E-state index contributed by atoms with van der Waals surface area (Å²) >= 11 is 0. The fraction of sp³-hybridized carbons (Fsp3) is 0.731. The number of benzene rings is 1. The average molecular weight is 420 g/mol. The molecule has 0 aliphatic carbocycles. The molecule has 0 fully saturated rings. The first kappa shape index (κ1) is 26.6. The van der Waals surface area contributed by atoms with Crippen LogP contribution in [0.3, 0.4) is 0 Å². The van der Waals surface area contributed by atoms with Gasteiger partial charge >= 0.3 is 5.97 Å². The summed E-state index contributed by atoms with van der Waals surface area (Å²) in [6.07, 6.45) is 19.2. The van der Waals surface area contributed by atoms with Crippen molar-refractivity contribution >= 4 is 5.97 Å². The predicted molar refractivity (Wildman–Crippen MR) is 125 cm³/mol. The van der Waals surface area contributed by atoms with Gasteiger partial charge in [0.1, 0.15) is 0 Å². The normalized spacial score (nSPS) is 12.2. The second-order valence-corrected chi connectivity index (χ2v) is 8.54. The number of hydroxylamine groups is 1. The topological polar surface area (TPSA) is 58.6 Å². The van der Waals surface area contributed by atoms with Crippen LogP contribution < -0.4 is 5.48 Å². The first-order valence-corrected chi connectivity index (χ1v) is 12.4. The summed E-state index contributed by atoms with van der Waals surface area (Å²) in [6.45, 7) is 3.08. The molecule has 0 aromatic heterocycles. The highest BCUT2D eigenvalue weighted by atomic mass is 16.6. The predicted octanol–water partition coefficient (Wildman–Crippen LogP) is 7.28. The Balaban J connectivity index is 1.91. The number of carboxylic acids is 1.